The first kappa shape index (κ1) is 21.0. The lowest BCUT2D eigenvalue weighted by Gasteiger charge is -2.26. The van der Waals surface area contributed by atoms with Crippen LogP contribution in [0.5, 0.6) is 0 Å². The number of nitriles is 1. The Morgan fingerprint density at radius 1 is 1.17 bits per heavy atom. The molecule has 0 fully saturated rings. The lowest BCUT2D eigenvalue weighted by atomic mass is 9.94. The van der Waals surface area contributed by atoms with E-state index in [0.717, 1.165) is 4.90 Å². The zero-order valence-electron chi connectivity index (χ0n) is 15.8. The zero-order valence-corrected chi connectivity index (χ0v) is 16.6. The minimum Gasteiger partial charge on any atom is -0.457 e. The van der Waals surface area contributed by atoms with Crippen molar-refractivity contribution in [1.29, 1.82) is 5.26 Å². The van der Waals surface area contributed by atoms with Crippen LogP contribution in [0.15, 0.2) is 75.1 Å². The minimum atomic E-state index is -4.30. The van der Waals surface area contributed by atoms with Crippen molar-refractivity contribution in [3.8, 4) is 17.4 Å². The molecule has 3 rings (SSSR count). The first-order chi connectivity index (χ1) is 14.2. The zero-order chi connectivity index (χ0) is 22.1. The summed E-state index contributed by atoms with van der Waals surface area (Å²) in [6.45, 7) is 5.01. The minimum absolute atomic E-state index is 0.0308. The molecule has 0 unspecified atom stereocenters. The molecule has 0 saturated heterocycles. The molecule has 0 radical (unpaired) electrons. The second-order valence-electron chi connectivity index (χ2n) is 6.38. The summed E-state index contributed by atoms with van der Waals surface area (Å²) in [5, 5.41) is 9.32. The monoisotopic (exact) mass is 424 g/mol. The van der Waals surface area contributed by atoms with Crippen LogP contribution in [0.25, 0.3) is 17.4 Å². The fourth-order valence-corrected chi connectivity index (χ4v) is 3.42. The lowest BCUT2D eigenvalue weighted by molar-refractivity contribution is -0.139. The van der Waals surface area contributed by atoms with Crippen LogP contribution in [0.4, 0.5) is 0 Å². The van der Waals surface area contributed by atoms with Crippen molar-refractivity contribution in [2.24, 2.45) is 0 Å². The molecule has 30 heavy (non-hydrogen) atoms. The molecule has 0 bridgehead atoms. The van der Waals surface area contributed by atoms with E-state index in [0.29, 0.717) is 17.1 Å². The maximum absolute atomic E-state index is 12.7. The van der Waals surface area contributed by atoms with E-state index in [9.17, 15) is 23.3 Å². The third-order valence-electron chi connectivity index (χ3n) is 4.49. The molecular formula is C21H16N2O6S. The first-order valence-corrected chi connectivity index (χ1v) is 10.1. The Morgan fingerprint density at radius 3 is 2.40 bits per heavy atom. The van der Waals surface area contributed by atoms with Gasteiger partial charge in [0, 0.05) is 17.7 Å². The van der Waals surface area contributed by atoms with Gasteiger partial charge >= 0.3 is 0 Å². The number of carbonyl (C=O) groups excluding carboxylic acids is 2. The van der Waals surface area contributed by atoms with Crippen LogP contribution in [-0.4, -0.2) is 36.2 Å². The molecule has 1 aromatic carbocycles. The van der Waals surface area contributed by atoms with E-state index in [1.165, 1.54) is 43.3 Å². The summed E-state index contributed by atoms with van der Waals surface area (Å²) in [5.74, 6) is -0.534. The summed E-state index contributed by atoms with van der Waals surface area (Å²) in [7, 11) is -4.30. The number of carbonyl (C=O) groups is 2. The Morgan fingerprint density at radius 2 is 1.83 bits per heavy atom. The number of amides is 2. The molecule has 1 aliphatic heterocycles. The number of benzene rings is 1. The second-order valence-corrected chi connectivity index (χ2v) is 7.80. The van der Waals surface area contributed by atoms with Crippen LogP contribution in [0.1, 0.15) is 12.7 Å². The highest BCUT2D eigenvalue weighted by Gasteiger charge is 2.34. The molecule has 0 atom stereocenters. The normalized spacial score (nSPS) is 16.2. The summed E-state index contributed by atoms with van der Waals surface area (Å²) in [6.07, 6.45) is 2.83. The van der Waals surface area contributed by atoms with Crippen LogP contribution in [-0.2, 0) is 19.7 Å². The smallest absolute Gasteiger partial charge is 0.294 e. The van der Waals surface area contributed by atoms with Gasteiger partial charge in [0.2, 0.25) is 0 Å². The van der Waals surface area contributed by atoms with Gasteiger partial charge in [-0.2, -0.15) is 13.7 Å². The van der Waals surface area contributed by atoms with Crippen LogP contribution in [0.3, 0.4) is 0 Å². The molecule has 9 heteroatoms. The van der Waals surface area contributed by atoms with Crippen LogP contribution in [0.2, 0.25) is 0 Å². The number of hydrogen-bond acceptors (Lipinski definition) is 6. The number of rotatable bonds is 5. The summed E-state index contributed by atoms with van der Waals surface area (Å²) in [5.41, 5.74) is 0.824. The summed E-state index contributed by atoms with van der Waals surface area (Å²) < 4.78 is 37.1. The number of nitrogens with zero attached hydrogens (tertiary/aromatic N) is 2. The molecular weight excluding hydrogens is 408 g/mol. The van der Waals surface area contributed by atoms with Crippen molar-refractivity contribution in [2.45, 2.75) is 11.8 Å². The molecule has 0 saturated carbocycles. The van der Waals surface area contributed by atoms with Gasteiger partial charge in [-0.05, 0) is 55.0 Å². The molecule has 152 valence electrons. The molecule has 0 aliphatic carbocycles. The standard InChI is InChI=1S/C21H16N2O6S/c1-3-10-23-20(24)17(13(2)18(12-22)21(23)25)11-15-6-9-19(29-15)14-4-7-16(8-5-14)30(26,27)28/h3-9,11H,1,10H2,2H3,(H,26,27,28)/b17-11+. The quantitative estimate of drug-likeness (QED) is 0.338. The van der Waals surface area contributed by atoms with E-state index < -0.39 is 21.9 Å². The molecule has 2 aromatic rings. The predicted molar refractivity (Wildman–Crippen MR) is 107 cm³/mol. The van der Waals surface area contributed by atoms with E-state index in [-0.39, 0.29) is 28.2 Å². The van der Waals surface area contributed by atoms with E-state index in [1.807, 2.05) is 6.07 Å². The third kappa shape index (κ3) is 3.87. The average molecular weight is 424 g/mol. The summed E-state index contributed by atoms with van der Waals surface area (Å²) in [6, 6.07) is 10.5. The van der Waals surface area contributed by atoms with Gasteiger partial charge in [-0.1, -0.05) is 6.08 Å². The van der Waals surface area contributed by atoms with Crippen molar-refractivity contribution in [3.05, 3.63) is 71.5 Å². The molecule has 2 heterocycles. The number of furan rings is 1. The topological polar surface area (TPSA) is 129 Å². The first-order valence-electron chi connectivity index (χ1n) is 8.65. The summed E-state index contributed by atoms with van der Waals surface area (Å²) in [4.78, 5) is 25.7. The molecule has 1 N–H and O–H groups in total. The number of imide groups is 1. The van der Waals surface area contributed by atoms with Crippen molar-refractivity contribution in [3.63, 3.8) is 0 Å². The molecule has 2 amide bonds. The van der Waals surface area contributed by atoms with Crippen LogP contribution in [0, 0.1) is 11.3 Å². The second kappa shape index (κ2) is 7.94. The average Bonchev–Trinajstić information content (AvgIpc) is 3.17. The van der Waals surface area contributed by atoms with E-state index >= 15 is 0 Å². The Labute approximate surface area is 172 Å². The molecule has 1 aromatic heterocycles. The van der Waals surface area contributed by atoms with E-state index in [4.69, 9.17) is 8.97 Å². The van der Waals surface area contributed by atoms with Gasteiger partial charge < -0.3 is 4.42 Å². The van der Waals surface area contributed by atoms with Crippen molar-refractivity contribution in [2.75, 3.05) is 6.54 Å². The highest BCUT2D eigenvalue weighted by Crippen LogP contribution is 2.29. The van der Waals surface area contributed by atoms with Gasteiger partial charge in [0.1, 0.15) is 23.2 Å². The number of hydrogen-bond donors (Lipinski definition) is 1. The largest absolute Gasteiger partial charge is 0.457 e. The van der Waals surface area contributed by atoms with Gasteiger partial charge in [-0.3, -0.25) is 19.0 Å². The van der Waals surface area contributed by atoms with Crippen LogP contribution < -0.4 is 0 Å². The van der Waals surface area contributed by atoms with Gasteiger partial charge in [-0.15, -0.1) is 6.58 Å². The lowest BCUT2D eigenvalue weighted by Crippen LogP contribution is -2.42. The van der Waals surface area contributed by atoms with E-state index in [1.54, 1.807) is 12.1 Å². The molecule has 0 spiro atoms. The molecule has 8 nitrogen and oxygen atoms in total. The Balaban J connectivity index is 1.99. The Bertz CT molecular complexity index is 1260. The van der Waals surface area contributed by atoms with E-state index in [2.05, 4.69) is 6.58 Å². The molecule has 1 aliphatic rings. The van der Waals surface area contributed by atoms with Gasteiger partial charge in [0.25, 0.3) is 21.9 Å². The highest BCUT2D eigenvalue weighted by atomic mass is 32.2. The van der Waals surface area contributed by atoms with Gasteiger partial charge in [0.15, 0.2) is 0 Å². The van der Waals surface area contributed by atoms with Crippen molar-refractivity contribution in [1.82, 2.24) is 4.90 Å². The van der Waals surface area contributed by atoms with Crippen molar-refractivity contribution >= 4 is 28.0 Å². The van der Waals surface area contributed by atoms with Gasteiger partial charge in [0.05, 0.1) is 4.90 Å². The van der Waals surface area contributed by atoms with Crippen molar-refractivity contribution < 1.29 is 27.0 Å². The SMILES string of the molecule is C=CCN1C(=O)C(C#N)=C(C)/C(=C\c2ccc(-c3ccc(S(=O)(=O)O)cc3)o2)C1=O. The highest BCUT2D eigenvalue weighted by molar-refractivity contribution is 7.85. The maximum atomic E-state index is 12.7. The Kier molecular flexibility index (Phi) is 5.56. The Hall–Kier alpha value is -3.74. The van der Waals surface area contributed by atoms with Gasteiger partial charge in [-0.25, -0.2) is 0 Å². The third-order valence-corrected chi connectivity index (χ3v) is 5.36. The fourth-order valence-electron chi connectivity index (χ4n) is 2.94. The predicted octanol–water partition coefficient (Wildman–Crippen LogP) is 2.97. The fraction of sp³-hybridized carbons (Fsp3) is 0.0952. The summed E-state index contributed by atoms with van der Waals surface area (Å²) >= 11 is 0. The maximum Gasteiger partial charge on any atom is 0.294 e. The van der Waals surface area contributed by atoms with Crippen LogP contribution >= 0.6 is 0 Å².